The van der Waals surface area contributed by atoms with Crippen molar-refractivity contribution in [1.82, 2.24) is 4.98 Å². The number of hydrogen-bond donors (Lipinski definition) is 1. The number of pyridine rings is 1. The number of aromatic nitrogens is 1. The fraction of sp³-hybridized carbons (Fsp3) is 0.312. The molecule has 0 unspecified atom stereocenters. The summed E-state index contributed by atoms with van der Waals surface area (Å²) in [5.74, 6) is 0.406. The van der Waals surface area contributed by atoms with Crippen LogP contribution in [-0.4, -0.2) is 26.2 Å². The lowest BCUT2D eigenvalue weighted by Crippen LogP contribution is -2.28. The third kappa shape index (κ3) is 3.82. The number of hydrogen-bond acceptors (Lipinski definition) is 4. The lowest BCUT2D eigenvalue weighted by Gasteiger charge is -2.26. The fourth-order valence-corrected chi connectivity index (χ4v) is 2.92. The van der Waals surface area contributed by atoms with Crippen LogP contribution in [0.15, 0.2) is 53.6 Å². The molecule has 21 heavy (non-hydrogen) atoms. The van der Waals surface area contributed by atoms with Crippen LogP contribution < -0.4 is 5.32 Å². The highest BCUT2D eigenvalue weighted by molar-refractivity contribution is 7.90. The van der Waals surface area contributed by atoms with Crippen molar-refractivity contribution in [2.45, 2.75) is 24.2 Å². The summed E-state index contributed by atoms with van der Waals surface area (Å²) in [6, 6.07) is 13.3. The smallest absolute Gasteiger partial charge is 0.179 e. The highest BCUT2D eigenvalue weighted by Crippen LogP contribution is 2.25. The van der Waals surface area contributed by atoms with Crippen molar-refractivity contribution in [3.05, 3.63) is 54.2 Å². The summed E-state index contributed by atoms with van der Waals surface area (Å²) in [6.45, 7) is 4.81. The van der Waals surface area contributed by atoms with E-state index in [0.717, 1.165) is 0 Å². The Labute approximate surface area is 126 Å². The standard InChI is InChI=1S/C16H20N2O2S/c1-16(2,13-8-5-4-6-9-13)12-18-15-14(21(3,19)20)10-7-11-17-15/h4-11H,12H2,1-3H3,(H,17,18). The van der Waals surface area contributed by atoms with Gasteiger partial charge in [0.05, 0.1) is 0 Å². The van der Waals surface area contributed by atoms with E-state index < -0.39 is 9.84 Å². The van der Waals surface area contributed by atoms with Gasteiger partial charge in [-0.05, 0) is 17.7 Å². The van der Waals surface area contributed by atoms with Crippen LogP contribution in [0.2, 0.25) is 0 Å². The molecule has 2 aromatic rings. The lowest BCUT2D eigenvalue weighted by molar-refractivity contribution is 0.555. The Morgan fingerprint density at radius 3 is 2.38 bits per heavy atom. The maximum absolute atomic E-state index is 11.8. The molecule has 1 heterocycles. The van der Waals surface area contributed by atoms with E-state index in [1.54, 1.807) is 18.3 Å². The van der Waals surface area contributed by atoms with E-state index in [-0.39, 0.29) is 10.3 Å². The summed E-state index contributed by atoms with van der Waals surface area (Å²) in [5.41, 5.74) is 1.06. The van der Waals surface area contributed by atoms with Gasteiger partial charge >= 0.3 is 0 Å². The summed E-state index contributed by atoms with van der Waals surface area (Å²) in [4.78, 5) is 4.38. The Morgan fingerprint density at radius 2 is 1.76 bits per heavy atom. The second-order valence-electron chi connectivity index (χ2n) is 5.73. The third-order valence-electron chi connectivity index (χ3n) is 3.42. The summed E-state index contributed by atoms with van der Waals surface area (Å²) in [7, 11) is -3.29. The Kier molecular flexibility index (Phi) is 4.32. The molecular formula is C16H20N2O2S. The minimum absolute atomic E-state index is 0.131. The van der Waals surface area contributed by atoms with E-state index in [1.807, 2.05) is 18.2 Å². The molecule has 0 aliphatic heterocycles. The number of sulfone groups is 1. The van der Waals surface area contributed by atoms with Crippen LogP contribution >= 0.6 is 0 Å². The first-order valence-corrected chi connectivity index (χ1v) is 8.64. The van der Waals surface area contributed by atoms with Gasteiger partial charge < -0.3 is 5.32 Å². The molecule has 2 rings (SSSR count). The highest BCUT2D eigenvalue weighted by Gasteiger charge is 2.22. The molecule has 5 heteroatoms. The van der Waals surface area contributed by atoms with Gasteiger partial charge in [0.2, 0.25) is 0 Å². The Morgan fingerprint density at radius 1 is 1.10 bits per heavy atom. The molecule has 0 spiro atoms. The van der Waals surface area contributed by atoms with Gasteiger partial charge in [-0.1, -0.05) is 44.2 Å². The van der Waals surface area contributed by atoms with E-state index in [4.69, 9.17) is 0 Å². The van der Waals surface area contributed by atoms with Crippen LogP contribution in [0.5, 0.6) is 0 Å². The van der Waals surface area contributed by atoms with Crippen LogP contribution in [0.3, 0.4) is 0 Å². The molecule has 0 saturated carbocycles. The van der Waals surface area contributed by atoms with E-state index in [1.165, 1.54) is 11.8 Å². The van der Waals surface area contributed by atoms with Gasteiger partial charge in [0, 0.05) is 24.4 Å². The van der Waals surface area contributed by atoms with E-state index in [0.29, 0.717) is 12.4 Å². The molecule has 0 bridgehead atoms. The van der Waals surface area contributed by atoms with Gasteiger partial charge in [0.25, 0.3) is 0 Å². The van der Waals surface area contributed by atoms with Gasteiger partial charge in [-0.2, -0.15) is 0 Å². The molecule has 1 N–H and O–H groups in total. The summed E-state index contributed by atoms with van der Waals surface area (Å²) >= 11 is 0. The second kappa shape index (κ2) is 5.85. The molecule has 0 fully saturated rings. The first-order valence-electron chi connectivity index (χ1n) is 6.75. The van der Waals surface area contributed by atoms with Crippen molar-refractivity contribution in [3.63, 3.8) is 0 Å². The van der Waals surface area contributed by atoms with E-state index in [2.05, 4.69) is 36.3 Å². The van der Waals surface area contributed by atoms with Gasteiger partial charge in [-0.3, -0.25) is 0 Å². The number of nitrogens with zero attached hydrogens (tertiary/aromatic N) is 1. The van der Waals surface area contributed by atoms with Crippen LogP contribution in [0.4, 0.5) is 5.82 Å². The minimum Gasteiger partial charge on any atom is -0.368 e. The van der Waals surface area contributed by atoms with Gasteiger partial charge in [-0.15, -0.1) is 0 Å². The quantitative estimate of drug-likeness (QED) is 0.923. The van der Waals surface area contributed by atoms with Crippen LogP contribution in [-0.2, 0) is 15.3 Å². The molecule has 1 aromatic carbocycles. The Balaban J connectivity index is 2.21. The molecule has 0 saturated heterocycles. The fourth-order valence-electron chi connectivity index (χ4n) is 2.12. The zero-order valence-corrected chi connectivity index (χ0v) is 13.3. The van der Waals surface area contributed by atoms with Crippen molar-refractivity contribution in [2.75, 3.05) is 18.1 Å². The van der Waals surface area contributed by atoms with Gasteiger partial charge in [0.1, 0.15) is 10.7 Å². The number of benzene rings is 1. The average Bonchev–Trinajstić information content (AvgIpc) is 2.45. The lowest BCUT2D eigenvalue weighted by atomic mass is 9.84. The van der Waals surface area contributed by atoms with Crippen molar-refractivity contribution >= 4 is 15.7 Å². The summed E-state index contributed by atoms with van der Waals surface area (Å²) in [6.07, 6.45) is 2.78. The maximum Gasteiger partial charge on any atom is 0.179 e. The highest BCUT2D eigenvalue weighted by atomic mass is 32.2. The van der Waals surface area contributed by atoms with Crippen LogP contribution in [0.1, 0.15) is 19.4 Å². The van der Waals surface area contributed by atoms with Gasteiger partial charge in [0.15, 0.2) is 9.84 Å². The molecule has 112 valence electrons. The van der Waals surface area contributed by atoms with Crippen molar-refractivity contribution in [3.8, 4) is 0 Å². The molecule has 4 nitrogen and oxygen atoms in total. The average molecular weight is 304 g/mol. The topological polar surface area (TPSA) is 59.1 Å². The Bertz CT molecular complexity index is 710. The predicted octanol–water partition coefficient (Wildman–Crippen LogP) is 2.87. The molecule has 1 aromatic heterocycles. The summed E-state index contributed by atoms with van der Waals surface area (Å²) < 4.78 is 23.5. The monoisotopic (exact) mass is 304 g/mol. The van der Waals surface area contributed by atoms with E-state index >= 15 is 0 Å². The largest absolute Gasteiger partial charge is 0.368 e. The minimum atomic E-state index is -3.29. The molecule has 0 aliphatic carbocycles. The summed E-state index contributed by atoms with van der Waals surface area (Å²) in [5, 5.41) is 3.17. The van der Waals surface area contributed by atoms with Crippen molar-refractivity contribution in [1.29, 1.82) is 0 Å². The second-order valence-corrected chi connectivity index (χ2v) is 7.71. The zero-order chi connectivity index (χ0) is 15.5. The van der Waals surface area contributed by atoms with Crippen molar-refractivity contribution in [2.24, 2.45) is 0 Å². The molecule has 0 amide bonds. The first-order chi connectivity index (χ1) is 9.81. The normalized spacial score (nSPS) is 12.1. The van der Waals surface area contributed by atoms with Gasteiger partial charge in [-0.25, -0.2) is 13.4 Å². The Hall–Kier alpha value is -1.88. The zero-order valence-electron chi connectivity index (χ0n) is 12.5. The first kappa shape index (κ1) is 15.5. The molecular weight excluding hydrogens is 284 g/mol. The SMILES string of the molecule is CC(C)(CNc1ncccc1S(C)(=O)=O)c1ccccc1. The number of nitrogens with one attached hydrogen (secondary N) is 1. The van der Waals surface area contributed by atoms with E-state index in [9.17, 15) is 8.42 Å². The number of anilines is 1. The maximum atomic E-state index is 11.8. The predicted molar refractivity (Wildman–Crippen MR) is 85.3 cm³/mol. The van der Waals surface area contributed by atoms with Crippen LogP contribution in [0.25, 0.3) is 0 Å². The third-order valence-corrected chi connectivity index (χ3v) is 4.55. The van der Waals surface area contributed by atoms with Crippen molar-refractivity contribution < 1.29 is 8.42 Å². The molecule has 0 atom stereocenters. The molecule has 0 aliphatic rings. The molecule has 0 radical (unpaired) electrons. The van der Waals surface area contributed by atoms with Crippen LogP contribution in [0, 0.1) is 0 Å². The number of rotatable bonds is 5.